The Kier molecular flexibility index (Phi) is 6.34. The first-order valence-corrected chi connectivity index (χ1v) is 6.39. The van der Waals surface area contributed by atoms with E-state index in [1.54, 1.807) is 0 Å². The van der Waals surface area contributed by atoms with Gasteiger partial charge in [-0.1, -0.05) is 18.2 Å². The van der Waals surface area contributed by atoms with Crippen LogP contribution in [0.15, 0.2) is 24.3 Å². The summed E-state index contributed by atoms with van der Waals surface area (Å²) in [5.74, 6) is 0. The highest BCUT2D eigenvalue weighted by molar-refractivity contribution is 5.29. The van der Waals surface area contributed by atoms with E-state index in [0.29, 0.717) is 0 Å². The van der Waals surface area contributed by atoms with Crippen molar-refractivity contribution in [2.24, 2.45) is 0 Å². The molecule has 0 aromatic heterocycles. The summed E-state index contributed by atoms with van der Waals surface area (Å²) in [5.41, 5.74) is -0.895. The highest BCUT2D eigenvalue weighted by Crippen LogP contribution is 2.36. The van der Waals surface area contributed by atoms with Crippen LogP contribution >= 0.6 is 0 Å². The summed E-state index contributed by atoms with van der Waals surface area (Å²) in [6.45, 7) is -1.17. The second-order valence-corrected chi connectivity index (χ2v) is 4.55. The van der Waals surface area contributed by atoms with E-state index in [1.165, 1.54) is 18.2 Å². The van der Waals surface area contributed by atoms with Crippen molar-refractivity contribution in [1.82, 2.24) is 5.32 Å². The summed E-state index contributed by atoms with van der Waals surface area (Å²) in [4.78, 5) is 0. The van der Waals surface area contributed by atoms with E-state index < -0.39 is 30.6 Å². The molecule has 0 saturated heterocycles. The molecule has 0 spiro atoms. The number of halogens is 8. The fourth-order valence-electron chi connectivity index (χ4n) is 1.65. The maximum absolute atomic E-state index is 12.7. The summed E-state index contributed by atoms with van der Waals surface area (Å²) < 4.78 is 102. The summed E-state index contributed by atoms with van der Waals surface area (Å²) in [5, 5.41) is 2.53. The van der Waals surface area contributed by atoms with Gasteiger partial charge in [0.05, 0.1) is 12.2 Å². The Bertz CT molecular complexity index is 497. The van der Waals surface area contributed by atoms with Crippen molar-refractivity contribution in [3.8, 4) is 0 Å². The van der Waals surface area contributed by atoms with Crippen LogP contribution in [-0.4, -0.2) is 25.4 Å². The van der Waals surface area contributed by atoms with E-state index in [1.807, 2.05) is 0 Å². The van der Waals surface area contributed by atoms with Gasteiger partial charge in [-0.3, -0.25) is 0 Å². The Morgan fingerprint density at radius 1 is 0.913 bits per heavy atom. The van der Waals surface area contributed by atoms with Crippen molar-refractivity contribution in [1.29, 1.82) is 0 Å². The van der Waals surface area contributed by atoms with Crippen LogP contribution in [0.5, 0.6) is 0 Å². The number of rotatable bonds is 7. The molecule has 1 N–H and O–H groups in total. The standard InChI is InChI=1S/C13H13F8NO/c14-11(15,16)10-5-2-1-4-9(10)8-22-6-3-7-23-13(20,21)12(17,18)19/h1-2,4-5,22H,3,6-8H2. The molecule has 0 radical (unpaired) electrons. The van der Waals surface area contributed by atoms with Crippen molar-refractivity contribution in [2.75, 3.05) is 13.2 Å². The second-order valence-electron chi connectivity index (χ2n) is 4.55. The van der Waals surface area contributed by atoms with Crippen molar-refractivity contribution in [2.45, 2.75) is 31.4 Å². The zero-order valence-corrected chi connectivity index (χ0v) is 11.6. The maximum atomic E-state index is 12.7. The Hall–Kier alpha value is -1.42. The van der Waals surface area contributed by atoms with Crippen molar-refractivity contribution < 1.29 is 39.9 Å². The molecule has 0 bridgehead atoms. The van der Waals surface area contributed by atoms with E-state index in [0.717, 1.165) is 6.07 Å². The molecule has 0 amide bonds. The van der Waals surface area contributed by atoms with Crippen LogP contribution in [0.4, 0.5) is 35.1 Å². The van der Waals surface area contributed by atoms with Crippen molar-refractivity contribution >= 4 is 0 Å². The molecule has 0 fully saturated rings. The number of hydrogen-bond donors (Lipinski definition) is 1. The highest BCUT2D eigenvalue weighted by atomic mass is 19.4. The van der Waals surface area contributed by atoms with Gasteiger partial charge in [-0.2, -0.15) is 35.1 Å². The smallest absolute Gasteiger partial charge is 0.313 e. The van der Waals surface area contributed by atoms with Gasteiger partial charge in [0.2, 0.25) is 0 Å². The fourth-order valence-corrected chi connectivity index (χ4v) is 1.65. The lowest BCUT2D eigenvalue weighted by Gasteiger charge is -2.19. The normalized spacial score (nSPS) is 13.4. The Morgan fingerprint density at radius 2 is 1.52 bits per heavy atom. The summed E-state index contributed by atoms with van der Waals surface area (Å²) in [6, 6.07) is 4.76. The number of nitrogens with one attached hydrogen (secondary N) is 1. The molecule has 1 rings (SSSR count). The molecule has 1 aromatic carbocycles. The zero-order valence-electron chi connectivity index (χ0n) is 11.6. The molecule has 0 aliphatic rings. The molecule has 0 saturated carbocycles. The lowest BCUT2D eigenvalue weighted by Crippen LogP contribution is -2.39. The number of hydrogen-bond acceptors (Lipinski definition) is 2. The van der Waals surface area contributed by atoms with Crippen LogP contribution in [0.2, 0.25) is 0 Å². The van der Waals surface area contributed by atoms with Gasteiger partial charge in [0.15, 0.2) is 0 Å². The lowest BCUT2D eigenvalue weighted by molar-refractivity contribution is -0.391. The van der Waals surface area contributed by atoms with Gasteiger partial charge in [0.25, 0.3) is 0 Å². The Balaban J connectivity index is 2.37. The Labute approximate surface area is 126 Å². The van der Waals surface area contributed by atoms with E-state index in [4.69, 9.17) is 0 Å². The minimum absolute atomic E-state index is 0.0541. The minimum atomic E-state index is -5.80. The van der Waals surface area contributed by atoms with Crippen LogP contribution < -0.4 is 5.32 Å². The van der Waals surface area contributed by atoms with Gasteiger partial charge in [-0.05, 0) is 24.6 Å². The van der Waals surface area contributed by atoms with Crippen LogP contribution in [0.1, 0.15) is 17.5 Å². The first-order chi connectivity index (χ1) is 10.5. The number of alkyl halides is 8. The number of benzene rings is 1. The monoisotopic (exact) mass is 351 g/mol. The van der Waals surface area contributed by atoms with Crippen molar-refractivity contribution in [3.05, 3.63) is 35.4 Å². The van der Waals surface area contributed by atoms with E-state index in [2.05, 4.69) is 10.1 Å². The lowest BCUT2D eigenvalue weighted by atomic mass is 10.1. The van der Waals surface area contributed by atoms with E-state index in [9.17, 15) is 35.1 Å². The van der Waals surface area contributed by atoms with Gasteiger partial charge in [-0.25, -0.2) is 0 Å². The predicted octanol–water partition coefficient (Wildman–Crippen LogP) is 4.36. The quantitative estimate of drug-likeness (QED) is 0.582. The van der Waals surface area contributed by atoms with Crippen molar-refractivity contribution in [3.63, 3.8) is 0 Å². The topological polar surface area (TPSA) is 21.3 Å². The van der Waals surface area contributed by atoms with Gasteiger partial charge >= 0.3 is 18.5 Å². The molecule has 0 unspecified atom stereocenters. The van der Waals surface area contributed by atoms with Crippen LogP contribution in [0, 0.1) is 0 Å². The average molecular weight is 351 g/mol. The molecule has 0 aliphatic heterocycles. The first kappa shape index (κ1) is 19.6. The average Bonchev–Trinajstić information content (AvgIpc) is 2.40. The van der Waals surface area contributed by atoms with E-state index >= 15 is 0 Å². The van der Waals surface area contributed by atoms with E-state index in [-0.39, 0.29) is 25.1 Å². The SMILES string of the molecule is FC(F)(F)c1ccccc1CNCCCOC(F)(F)C(F)(F)F. The second kappa shape index (κ2) is 7.43. The molecule has 1 aromatic rings. The molecule has 10 heteroatoms. The summed E-state index contributed by atoms with van der Waals surface area (Å²) >= 11 is 0. The Morgan fingerprint density at radius 3 is 2.09 bits per heavy atom. The molecular weight excluding hydrogens is 338 g/mol. The minimum Gasteiger partial charge on any atom is -0.313 e. The van der Waals surface area contributed by atoms with Crippen LogP contribution in [-0.2, 0) is 17.5 Å². The maximum Gasteiger partial charge on any atom is 0.482 e. The third kappa shape index (κ3) is 5.94. The summed E-state index contributed by atoms with van der Waals surface area (Å²) in [6.07, 6.45) is -15.8. The zero-order chi connectivity index (χ0) is 17.7. The van der Waals surface area contributed by atoms with Crippen LogP contribution in [0.3, 0.4) is 0 Å². The van der Waals surface area contributed by atoms with Crippen LogP contribution in [0.25, 0.3) is 0 Å². The predicted molar refractivity (Wildman–Crippen MR) is 64.7 cm³/mol. The molecule has 132 valence electrons. The first-order valence-electron chi connectivity index (χ1n) is 6.39. The fraction of sp³-hybridized carbons (Fsp3) is 0.538. The molecule has 0 heterocycles. The molecular formula is C13H13F8NO. The van der Waals surface area contributed by atoms with Gasteiger partial charge in [-0.15, -0.1) is 0 Å². The molecule has 2 nitrogen and oxygen atoms in total. The molecule has 23 heavy (non-hydrogen) atoms. The number of ether oxygens (including phenoxy) is 1. The third-order valence-corrected chi connectivity index (χ3v) is 2.75. The van der Waals surface area contributed by atoms with Gasteiger partial charge in [0.1, 0.15) is 0 Å². The summed E-state index contributed by atoms with van der Waals surface area (Å²) in [7, 11) is 0. The molecule has 0 aliphatic carbocycles. The molecule has 0 atom stereocenters. The largest absolute Gasteiger partial charge is 0.482 e. The highest BCUT2D eigenvalue weighted by Gasteiger charge is 2.59. The van der Waals surface area contributed by atoms with Gasteiger partial charge in [0, 0.05) is 6.54 Å². The third-order valence-electron chi connectivity index (χ3n) is 2.75. The van der Waals surface area contributed by atoms with Gasteiger partial charge < -0.3 is 10.1 Å².